The van der Waals surface area contributed by atoms with Gasteiger partial charge in [0.1, 0.15) is 11.3 Å². The van der Waals surface area contributed by atoms with Crippen LogP contribution in [0.3, 0.4) is 0 Å². The first kappa shape index (κ1) is 23.7. The molecular weight excluding hydrogens is 492 g/mol. The third-order valence-corrected chi connectivity index (χ3v) is 5.51. The van der Waals surface area contributed by atoms with Gasteiger partial charge in [0.15, 0.2) is 11.5 Å². The van der Waals surface area contributed by atoms with Crippen molar-refractivity contribution in [1.82, 2.24) is 0 Å². The maximum atomic E-state index is 13.5. The van der Waals surface area contributed by atoms with Gasteiger partial charge in [0.25, 0.3) is 0 Å². The molecule has 0 saturated carbocycles. The fraction of sp³-hybridized carbons (Fsp3) is 0.0800. The van der Waals surface area contributed by atoms with Crippen molar-refractivity contribution in [3.8, 4) is 16.9 Å². The molecule has 0 amide bonds. The first-order valence-corrected chi connectivity index (χ1v) is 10.5. The van der Waals surface area contributed by atoms with Crippen LogP contribution in [-0.2, 0) is 15.7 Å². The van der Waals surface area contributed by atoms with Gasteiger partial charge in [-0.1, -0.05) is 53.5 Å². The zero-order valence-electron chi connectivity index (χ0n) is 17.4. The van der Waals surface area contributed by atoms with E-state index >= 15 is 0 Å². The molecule has 1 aliphatic heterocycles. The van der Waals surface area contributed by atoms with Crippen LogP contribution in [0.2, 0.25) is 10.0 Å². The number of carbonyl (C=O) groups excluding carboxylic acids is 1. The van der Waals surface area contributed by atoms with Gasteiger partial charge in [-0.2, -0.15) is 13.2 Å². The Hall–Kier alpha value is -3.42. The van der Waals surface area contributed by atoms with Crippen molar-refractivity contribution in [2.75, 3.05) is 7.11 Å². The maximum Gasteiger partial charge on any atom is 0.417 e. The normalized spacial score (nSPS) is 15.1. The number of benzene rings is 3. The number of alkyl halides is 3. The standard InChI is InChI=1S/C25H15Cl2F3O4/c1-33-20-8-13(6-7-18(20)17-4-2-3-5-19(17)25(28,29)30)9-21-23(31)22(24(32)34-21)14-10-15(26)12-16(27)11-14/h2-12,31H,1H3/b21-9-. The van der Waals surface area contributed by atoms with E-state index in [-0.39, 0.29) is 43.8 Å². The molecule has 174 valence electrons. The summed E-state index contributed by atoms with van der Waals surface area (Å²) in [7, 11) is 1.33. The van der Waals surface area contributed by atoms with Gasteiger partial charge in [-0.15, -0.1) is 0 Å². The molecule has 0 aliphatic carbocycles. The van der Waals surface area contributed by atoms with E-state index < -0.39 is 23.5 Å². The number of rotatable bonds is 4. The van der Waals surface area contributed by atoms with Crippen molar-refractivity contribution in [3.63, 3.8) is 0 Å². The van der Waals surface area contributed by atoms with Crippen LogP contribution >= 0.6 is 23.2 Å². The number of hydrogen-bond donors (Lipinski definition) is 1. The highest BCUT2D eigenvalue weighted by molar-refractivity contribution is 6.35. The Morgan fingerprint density at radius 1 is 0.971 bits per heavy atom. The smallest absolute Gasteiger partial charge is 0.417 e. The molecule has 0 radical (unpaired) electrons. The van der Waals surface area contributed by atoms with Crippen molar-refractivity contribution in [1.29, 1.82) is 0 Å². The number of carbonyl (C=O) groups is 1. The first-order chi connectivity index (χ1) is 16.1. The van der Waals surface area contributed by atoms with Crippen LogP contribution in [0.5, 0.6) is 5.75 Å². The van der Waals surface area contributed by atoms with E-state index in [1.807, 2.05) is 0 Å². The number of esters is 1. The Morgan fingerprint density at radius 3 is 2.29 bits per heavy atom. The minimum atomic E-state index is -4.55. The van der Waals surface area contributed by atoms with E-state index in [2.05, 4.69) is 0 Å². The number of aliphatic hydroxyl groups excluding tert-OH is 1. The predicted octanol–water partition coefficient (Wildman–Crippen LogP) is 7.55. The van der Waals surface area contributed by atoms with Gasteiger partial charge in [0.05, 0.1) is 12.7 Å². The Bertz CT molecular complexity index is 1340. The van der Waals surface area contributed by atoms with Gasteiger partial charge >= 0.3 is 12.1 Å². The number of aliphatic hydroxyl groups is 1. The minimum absolute atomic E-state index is 0.0405. The summed E-state index contributed by atoms with van der Waals surface area (Å²) < 4.78 is 51.0. The summed E-state index contributed by atoms with van der Waals surface area (Å²) in [5.74, 6) is -1.19. The zero-order valence-corrected chi connectivity index (χ0v) is 18.9. The monoisotopic (exact) mass is 506 g/mol. The highest BCUT2D eigenvalue weighted by atomic mass is 35.5. The average molecular weight is 507 g/mol. The molecule has 4 rings (SSSR count). The SMILES string of the molecule is COc1cc(/C=C2\OC(=O)C(c3cc(Cl)cc(Cl)c3)=C2O)ccc1-c1ccccc1C(F)(F)F. The van der Waals surface area contributed by atoms with Crippen LogP contribution in [0, 0.1) is 0 Å². The van der Waals surface area contributed by atoms with Crippen LogP contribution in [0.1, 0.15) is 16.7 Å². The largest absolute Gasteiger partial charge is 0.504 e. The lowest BCUT2D eigenvalue weighted by Gasteiger charge is -2.15. The van der Waals surface area contributed by atoms with Crippen LogP contribution in [0.4, 0.5) is 13.2 Å². The summed E-state index contributed by atoms with van der Waals surface area (Å²) in [6.07, 6.45) is -3.18. The molecule has 3 aromatic carbocycles. The zero-order chi connectivity index (χ0) is 24.6. The molecule has 3 aromatic rings. The van der Waals surface area contributed by atoms with Crippen LogP contribution in [-0.4, -0.2) is 18.2 Å². The number of halogens is 5. The lowest BCUT2D eigenvalue weighted by Crippen LogP contribution is -2.07. The highest BCUT2D eigenvalue weighted by Crippen LogP contribution is 2.41. The molecule has 34 heavy (non-hydrogen) atoms. The summed E-state index contributed by atoms with van der Waals surface area (Å²) in [6, 6.07) is 14.0. The molecule has 4 nitrogen and oxygen atoms in total. The average Bonchev–Trinajstić information content (AvgIpc) is 3.05. The number of cyclic esters (lactones) is 1. The second kappa shape index (κ2) is 9.08. The van der Waals surface area contributed by atoms with E-state index in [9.17, 15) is 23.1 Å². The third kappa shape index (κ3) is 4.62. The third-order valence-electron chi connectivity index (χ3n) is 5.07. The topological polar surface area (TPSA) is 55.8 Å². The van der Waals surface area contributed by atoms with Gasteiger partial charge in [-0.25, -0.2) is 4.79 Å². The predicted molar refractivity (Wildman–Crippen MR) is 124 cm³/mol. The maximum absolute atomic E-state index is 13.5. The Labute approximate surface area is 202 Å². The quantitative estimate of drug-likeness (QED) is 0.371. The molecule has 1 aliphatic rings. The van der Waals surface area contributed by atoms with Crippen molar-refractivity contribution in [3.05, 3.63) is 98.9 Å². The van der Waals surface area contributed by atoms with E-state index in [1.54, 1.807) is 0 Å². The molecular formula is C25H15Cl2F3O4. The van der Waals surface area contributed by atoms with Crippen molar-refractivity contribution < 1.29 is 32.5 Å². The summed E-state index contributed by atoms with van der Waals surface area (Å²) in [4.78, 5) is 12.4. The molecule has 0 spiro atoms. The molecule has 0 atom stereocenters. The van der Waals surface area contributed by atoms with Crippen molar-refractivity contribution in [2.45, 2.75) is 6.18 Å². The van der Waals surface area contributed by atoms with Gasteiger partial charge in [0, 0.05) is 15.6 Å². The summed E-state index contributed by atoms with van der Waals surface area (Å²) in [5.41, 5.74) is -0.0194. The Balaban J connectivity index is 1.76. The number of methoxy groups -OCH3 is 1. The van der Waals surface area contributed by atoms with Crippen LogP contribution in [0.15, 0.2) is 72.2 Å². The lowest BCUT2D eigenvalue weighted by atomic mass is 9.97. The molecule has 0 aromatic heterocycles. The number of ether oxygens (including phenoxy) is 2. The Kier molecular flexibility index (Phi) is 6.34. The molecule has 0 fully saturated rings. The summed E-state index contributed by atoms with van der Waals surface area (Å²) >= 11 is 12.0. The van der Waals surface area contributed by atoms with E-state index in [4.69, 9.17) is 32.7 Å². The second-order valence-corrected chi connectivity index (χ2v) is 8.16. The minimum Gasteiger partial charge on any atom is -0.504 e. The molecule has 1 N–H and O–H groups in total. The second-order valence-electron chi connectivity index (χ2n) is 7.28. The lowest BCUT2D eigenvalue weighted by molar-refractivity contribution is -0.137. The van der Waals surface area contributed by atoms with Gasteiger partial charge in [-0.3, -0.25) is 0 Å². The molecule has 9 heteroatoms. The highest BCUT2D eigenvalue weighted by Gasteiger charge is 2.34. The first-order valence-electron chi connectivity index (χ1n) is 9.77. The molecule has 0 saturated heterocycles. The summed E-state index contributed by atoms with van der Waals surface area (Å²) in [6.45, 7) is 0. The molecule has 1 heterocycles. The van der Waals surface area contributed by atoms with Gasteiger partial charge in [0.2, 0.25) is 0 Å². The fourth-order valence-electron chi connectivity index (χ4n) is 3.61. The van der Waals surface area contributed by atoms with E-state index in [0.29, 0.717) is 5.56 Å². The summed E-state index contributed by atoms with van der Waals surface area (Å²) in [5, 5.41) is 11.2. The van der Waals surface area contributed by atoms with E-state index in [0.717, 1.165) is 6.07 Å². The van der Waals surface area contributed by atoms with Crippen LogP contribution in [0.25, 0.3) is 22.8 Å². The van der Waals surface area contributed by atoms with Crippen molar-refractivity contribution in [2.24, 2.45) is 0 Å². The van der Waals surface area contributed by atoms with Crippen molar-refractivity contribution >= 4 is 40.8 Å². The Morgan fingerprint density at radius 2 is 1.65 bits per heavy atom. The van der Waals surface area contributed by atoms with Crippen LogP contribution < -0.4 is 4.74 Å². The van der Waals surface area contributed by atoms with E-state index in [1.165, 1.54) is 67.8 Å². The van der Waals surface area contributed by atoms with Gasteiger partial charge in [-0.05, 0) is 53.1 Å². The molecule has 0 bridgehead atoms. The fourth-order valence-corrected chi connectivity index (χ4v) is 4.13. The number of hydrogen-bond acceptors (Lipinski definition) is 4. The molecule has 0 unspecified atom stereocenters. The van der Waals surface area contributed by atoms with Gasteiger partial charge < -0.3 is 14.6 Å².